The number of rotatable bonds is 7. The summed E-state index contributed by atoms with van der Waals surface area (Å²) in [6.07, 6.45) is -1.98. The zero-order chi connectivity index (χ0) is 21.7. The molecule has 1 atom stereocenters. The van der Waals surface area contributed by atoms with Gasteiger partial charge < -0.3 is 14.6 Å². The van der Waals surface area contributed by atoms with Gasteiger partial charge in [0.1, 0.15) is 5.75 Å². The Balaban J connectivity index is 1.96. The fourth-order valence-electron chi connectivity index (χ4n) is 2.94. The molecule has 0 aliphatic heterocycles. The number of benzene rings is 3. The van der Waals surface area contributed by atoms with Crippen molar-refractivity contribution in [2.75, 3.05) is 0 Å². The van der Waals surface area contributed by atoms with Crippen LogP contribution in [0.5, 0.6) is 5.75 Å². The van der Waals surface area contributed by atoms with E-state index in [2.05, 4.69) is 6.58 Å². The number of hydrogen-bond donors (Lipinski definition) is 1. The Morgan fingerprint density at radius 1 is 0.967 bits per heavy atom. The van der Waals surface area contributed by atoms with Crippen molar-refractivity contribution in [2.45, 2.75) is 19.4 Å². The zero-order valence-electron chi connectivity index (χ0n) is 16.3. The van der Waals surface area contributed by atoms with Gasteiger partial charge in [-0.1, -0.05) is 66.7 Å². The molecule has 0 saturated heterocycles. The van der Waals surface area contributed by atoms with Crippen LogP contribution >= 0.6 is 0 Å². The van der Waals surface area contributed by atoms with Gasteiger partial charge in [0, 0.05) is 11.1 Å². The first-order valence-corrected chi connectivity index (χ1v) is 9.21. The standard InChI is InChI=1S/C24H20O6/c1-15-10-12-18(13-11-15)29-24(28)22(30-23(27)16(2)14-21(25)26)20-9-5-7-17-6-3-4-8-19(17)20/h3-13,22H,2,14H2,1H3,(H,25,26). The highest BCUT2D eigenvalue weighted by Gasteiger charge is 2.30. The van der Waals surface area contributed by atoms with E-state index in [0.29, 0.717) is 16.7 Å². The molecule has 3 rings (SSSR count). The largest absolute Gasteiger partial charge is 0.481 e. The molecule has 0 aliphatic rings. The quantitative estimate of drug-likeness (QED) is 0.357. The summed E-state index contributed by atoms with van der Waals surface area (Å²) in [5.74, 6) is -2.69. The fraction of sp³-hybridized carbons (Fsp3) is 0.125. The summed E-state index contributed by atoms with van der Waals surface area (Å²) >= 11 is 0. The number of carbonyl (C=O) groups excluding carboxylic acids is 2. The maximum absolute atomic E-state index is 13.0. The van der Waals surface area contributed by atoms with E-state index in [1.807, 2.05) is 25.1 Å². The van der Waals surface area contributed by atoms with Crippen LogP contribution in [0.2, 0.25) is 0 Å². The fourth-order valence-corrected chi connectivity index (χ4v) is 2.94. The molecule has 1 unspecified atom stereocenters. The van der Waals surface area contributed by atoms with Crippen molar-refractivity contribution < 1.29 is 29.0 Å². The summed E-state index contributed by atoms with van der Waals surface area (Å²) in [6, 6.07) is 19.4. The smallest absolute Gasteiger partial charge is 0.357 e. The molecule has 152 valence electrons. The number of carbonyl (C=O) groups is 3. The van der Waals surface area contributed by atoms with Crippen LogP contribution in [-0.2, 0) is 19.1 Å². The minimum absolute atomic E-state index is 0.268. The molecule has 0 bridgehead atoms. The van der Waals surface area contributed by atoms with Crippen LogP contribution in [0.4, 0.5) is 0 Å². The Bertz CT molecular complexity index is 1110. The van der Waals surface area contributed by atoms with Crippen molar-refractivity contribution in [3.63, 3.8) is 0 Å². The SMILES string of the molecule is C=C(CC(=O)O)C(=O)OC(C(=O)Oc1ccc(C)cc1)c1cccc2ccccc12. The van der Waals surface area contributed by atoms with Crippen molar-refractivity contribution in [2.24, 2.45) is 0 Å². The van der Waals surface area contributed by atoms with Gasteiger partial charge in [-0.05, 0) is 29.8 Å². The van der Waals surface area contributed by atoms with Gasteiger partial charge in [0.05, 0.1) is 6.42 Å². The van der Waals surface area contributed by atoms with E-state index in [-0.39, 0.29) is 5.57 Å². The first-order chi connectivity index (χ1) is 14.3. The van der Waals surface area contributed by atoms with Gasteiger partial charge in [-0.2, -0.15) is 0 Å². The summed E-state index contributed by atoms with van der Waals surface area (Å²) in [6.45, 7) is 5.35. The van der Waals surface area contributed by atoms with Crippen molar-refractivity contribution in [1.82, 2.24) is 0 Å². The van der Waals surface area contributed by atoms with Crippen LogP contribution in [0.1, 0.15) is 23.7 Å². The number of fused-ring (bicyclic) bond motifs is 1. The Kier molecular flexibility index (Phi) is 6.27. The Labute approximate surface area is 173 Å². The maximum Gasteiger partial charge on any atom is 0.357 e. The van der Waals surface area contributed by atoms with Crippen molar-refractivity contribution in [3.05, 3.63) is 90.0 Å². The Morgan fingerprint density at radius 2 is 1.63 bits per heavy atom. The van der Waals surface area contributed by atoms with Crippen LogP contribution < -0.4 is 4.74 Å². The molecule has 0 aliphatic carbocycles. The van der Waals surface area contributed by atoms with E-state index >= 15 is 0 Å². The number of esters is 2. The van der Waals surface area contributed by atoms with E-state index in [1.165, 1.54) is 0 Å². The van der Waals surface area contributed by atoms with Crippen LogP contribution in [-0.4, -0.2) is 23.0 Å². The molecule has 0 saturated carbocycles. The van der Waals surface area contributed by atoms with Crippen LogP contribution in [0.3, 0.4) is 0 Å². The molecule has 0 radical (unpaired) electrons. The highest BCUT2D eigenvalue weighted by molar-refractivity contribution is 5.96. The minimum atomic E-state index is -1.39. The summed E-state index contributed by atoms with van der Waals surface area (Å²) in [5, 5.41) is 10.5. The molecule has 0 amide bonds. The zero-order valence-corrected chi connectivity index (χ0v) is 16.3. The molecule has 3 aromatic carbocycles. The monoisotopic (exact) mass is 404 g/mol. The topological polar surface area (TPSA) is 89.9 Å². The lowest BCUT2D eigenvalue weighted by Crippen LogP contribution is -2.25. The molecule has 6 heteroatoms. The second-order valence-electron chi connectivity index (χ2n) is 6.76. The molecule has 0 heterocycles. The first-order valence-electron chi connectivity index (χ1n) is 9.21. The molecule has 3 aromatic rings. The summed E-state index contributed by atoms with van der Waals surface area (Å²) in [7, 11) is 0. The van der Waals surface area contributed by atoms with Gasteiger partial charge in [-0.25, -0.2) is 9.59 Å². The van der Waals surface area contributed by atoms with E-state index in [1.54, 1.807) is 48.5 Å². The third-order valence-corrected chi connectivity index (χ3v) is 4.44. The number of aliphatic carboxylic acids is 1. The van der Waals surface area contributed by atoms with Crippen LogP contribution in [0.25, 0.3) is 10.8 Å². The van der Waals surface area contributed by atoms with Crippen molar-refractivity contribution in [1.29, 1.82) is 0 Å². The molecule has 6 nitrogen and oxygen atoms in total. The summed E-state index contributed by atoms with van der Waals surface area (Å²) < 4.78 is 10.8. The van der Waals surface area contributed by atoms with E-state index < -0.39 is 30.4 Å². The molecular formula is C24H20O6. The first kappa shape index (κ1) is 20.8. The molecule has 0 aromatic heterocycles. The average molecular weight is 404 g/mol. The predicted molar refractivity (Wildman–Crippen MR) is 111 cm³/mol. The summed E-state index contributed by atoms with van der Waals surface area (Å²) in [5.41, 5.74) is 1.16. The van der Waals surface area contributed by atoms with Gasteiger partial charge in [-0.3, -0.25) is 4.79 Å². The van der Waals surface area contributed by atoms with Crippen LogP contribution in [0, 0.1) is 6.92 Å². The van der Waals surface area contributed by atoms with Gasteiger partial charge in [0.2, 0.25) is 6.10 Å². The van der Waals surface area contributed by atoms with Gasteiger partial charge in [0.15, 0.2) is 0 Å². The van der Waals surface area contributed by atoms with Crippen molar-refractivity contribution in [3.8, 4) is 5.75 Å². The Morgan fingerprint density at radius 3 is 2.33 bits per heavy atom. The summed E-state index contributed by atoms with van der Waals surface area (Å²) in [4.78, 5) is 36.3. The lowest BCUT2D eigenvalue weighted by atomic mass is 10.00. The molecule has 30 heavy (non-hydrogen) atoms. The molecule has 0 spiro atoms. The lowest BCUT2D eigenvalue weighted by molar-refractivity contribution is -0.160. The maximum atomic E-state index is 13.0. The average Bonchev–Trinajstić information content (AvgIpc) is 2.72. The third-order valence-electron chi connectivity index (χ3n) is 4.44. The van der Waals surface area contributed by atoms with E-state index in [0.717, 1.165) is 10.9 Å². The number of hydrogen-bond acceptors (Lipinski definition) is 5. The number of ether oxygens (including phenoxy) is 2. The molecule has 1 N–H and O–H groups in total. The van der Waals surface area contributed by atoms with Gasteiger partial charge >= 0.3 is 17.9 Å². The van der Waals surface area contributed by atoms with E-state index in [4.69, 9.17) is 14.6 Å². The predicted octanol–water partition coefficient (Wildman–Crippen LogP) is 4.37. The molecule has 0 fully saturated rings. The number of carboxylic acids is 1. The minimum Gasteiger partial charge on any atom is -0.481 e. The highest BCUT2D eigenvalue weighted by atomic mass is 16.6. The Hall–Kier alpha value is -3.93. The number of carboxylic acid groups (broad SMARTS) is 1. The third kappa shape index (κ3) is 4.91. The van der Waals surface area contributed by atoms with Gasteiger partial charge in [0.25, 0.3) is 0 Å². The second kappa shape index (κ2) is 9.05. The highest BCUT2D eigenvalue weighted by Crippen LogP contribution is 2.29. The lowest BCUT2D eigenvalue weighted by Gasteiger charge is -2.19. The number of aryl methyl sites for hydroxylation is 1. The normalized spacial score (nSPS) is 11.5. The molecular weight excluding hydrogens is 384 g/mol. The van der Waals surface area contributed by atoms with E-state index in [9.17, 15) is 14.4 Å². The second-order valence-corrected chi connectivity index (χ2v) is 6.76. The van der Waals surface area contributed by atoms with Gasteiger partial charge in [-0.15, -0.1) is 0 Å². The van der Waals surface area contributed by atoms with Crippen molar-refractivity contribution >= 4 is 28.7 Å². The van der Waals surface area contributed by atoms with Crippen LogP contribution in [0.15, 0.2) is 78.9 Å².